The molecule has 0 saturated heterocycles. The van der Waals surface area contributed by atoms with Crippen molar-refractivity contribution in [3.8, 4) is 0 Å². The molecule has 6 atom stereocenters. The fraction of sp³-hybridized carbons (Fsp3) is 0.778. The molecule has 3 saturated carbocycles. The van der Waals surface area contributed by atoms with E-state index in [-0.39, 0.29) is 6.10 Å². The van der Waals surface area contributed by atoms with Crippen LogP contribution < -0.4 is 0 Å². The van der Waals surface area contributed by atoms with Gasteiger partial charge in [-0.15, -0.1) is 0 Å². The quantitative estimate of drug-likeness (QED) is 0.520. The van der Waals surface area contributed by atoms with Crippen LogP contribution in [0.25, 0.3) is 0 Å². The first kappa shape index (κ1) is 23.8. The number of hydrogen-bond donors (Lipinski definition) is 3. The molecule has 0 heterocycles. The Bertz CT molecular complexity index is 683. The van der Waals surface area contributed by atoms with E-state index in [2.05, 4.69) is 32.6 Å². The van der Waals surface area contributed by atoms with Gasteiger partial charge in [-0.1, -0.05) is 43.7 Å². The van der Waals surface area contributed by atoms with Gasteiger partial charge in [-0.05, 0) is 107 Å². The highest BCUT2D eigenvalue weighted by Gasteiger charge is 2.49. The third-order valence-electron chi connectivity index (χ3n) is 8.71. The van der Waals surface area contributed by atoms with Gasteiger partial charge in [-0.2, -0.15) is 0 Å². The lowest BCUT2D eigenvalue weighted by Crippen LogP contribution is -2.38. The normalized spacial score (nSPS) is 37.4. The first-order valence-electron chi connectivity index (χ1n) is 12.2. The van der Waals surface area contributed by atoms with Gasteiger partial charge in [-0.3, -0.25) is 0 Å². The molecule has 3 nitrogen and oxygen atoms in total. The summed E-state index contributed by atoms with van der Waals surface area (Å²) in [4.78, 5) is 0. The van der Waals surface area contributed by atoms with Gasteiger partial charge in [0.1, 0.15) is 0 Å². The number of hydrogen-bond acceptors (Lipinski definition) is 3. The van der Waals surface area contributed by atoms with E-state index in [1.807, 2.05) is 0 Å². The van der Waals surface area contributed by atoms with E-state index in [9.17, 15) is 15.3 Å². The SMILES string of the molecule is C=C1CC[C@H](O)C/C1=C/C=C1\CCC2(C)C(CCC2C(C)CCC(O)C(C)(C)O)C1. The smallest absolute Gasteiger partial charge is 0.0849 e. The second kappa shape index (κ2) is 9.30. The van der Waals surface area contributed by atoms with Crippen molar-refractivity contribution in [2.45, 2.75) is 110 Å². The molecular weight excluding hydrogens is 372 g/mol. The summed E-state index contributed by atoms with van der Waals surface area (Å²) in [7, 11) is 0. The zero-order chi connectivity index (χ0) is 22.1. The molecule has 170 valence electrons. The Kier molecular flexibility index (Phi) is 7.37. The number of allylic oxidation sites excluding steroid dienone is 4. The molecule has 0 radical (unpaired) electrons. The van der Waals surface area contributed by atoms with E-state index in [1.54, 1.807) is 19.4 Å². The van der Waals surface area contributed by atoms with Crippen LogP contribution in [-0.2, 0) is 0 Å². The zero-order valence-corrected chi connectivity index (χ0v) is 19.7. The minimum absolute atomic E-state index is 0.207. The van der Waals surface area contributed by atoms with Crippen LogP contribution >= 0.6 is 0 Å². The summed E-state index contributed by atoms with van der Waals surface area (Å²) in [5.74, 6) is 2.05. The molecule has 0 aliphatic heterocycles. The van der Waals surface area contributed by atoms with Crippen LogP contribution in [0.2, 0.25) is 0 Å². The summed E-state index contributed by atoms with van der Waals surface area (Å²) in [5.41, 5.74) is 3.37. The number of rotatable bonds is 6. The van der Waals surface area contributed by atoms with Crippen LogP contribution in [0.3, 0.4) is 0 Å². The van der Waals surface area contributed by atoms with Gasteiger partial charge in [0.2, 0.25) is 0 Å². The van der Waals surface area contributed by atoms with Gasteiger partial charge in [-0.25, -0.2) is 0 Å². The van der Waals surface area contributed by atoms with Crippen LogP contribution in [0.4, 0.5) is 0 Å². The van der Waals surface area contributed by atoms with Crippen molar-refractivity contribution in [3.63, 3.8) is 0 Å². The highest BCUT2D eigenvalue weighted by atomic mass is 16.3. The van der Waals surface area contributed by atoms with Crippen LogP contribution in [0.5, 0.6) is 0 Å². The van der Waals surface area contributed by atoms with Gasteiger partial charge in [0, 0.05) is 0 Å². The van der Waals surface area contributed by atoms with Crippen molar-refractivity contribution in [2.24, 2.45) is 23.2 Å². The molecule has 0 bridgehead atoms. The predicted molar refractivity (Wildman–Crippen MR) is 124 cm³/mol. The Hall–Kier alpha value is -0.900. The molecular formula is C27H44O3. The molecule has 0 aromatic heterocycles. The van der Waals surface area contributed by atoms with Crippen molar-refractivity contribution < 1.29 is 15.3 Å². The first-order chi connectivity index (χ1) is 14.0. The van der Waals surface area contributed by atoms with Gasteiger partial charge < -0.3 is 15.3 Å². The minimum Gasteiger partial charge on any atom is -0.393 e. The molecule has 3 aliphatic carbocycles. The van der Waals surface area contributed by atoms with Gasteiger partial charge in [0.25, 0.3) is 0 Å². The zero-order valence-electron chi connectivity index (χ0n) is 19.7. The summed E-state index contributed by atoms with van der Waals surface area (Å²) < 4.78 is 0. The van der Waals surface area contributed by atoms with Crippen molar-refractivity contribution in [2.75, 3.05) is 0 Å². The topological polar surface area (TPSA) is 60.7 Å². The average Bonchev–Trinajstić information content (AvgIpc) is 3.02. The molecule has 0 aromatic rings. The highest BCUT2D eigenvalue weighted by molar-refractivity contribution is 5.35. The third kappa shape index (κ3) is 5.29. The lowest BCUT2D eigenvalue weighted by atomic mass is 9.61. The van der Waals surface area contributed by atoms with Gasteiger partial charge in [0.05, 0.1) is 17.8 Å². The number of fused-ring (bicyclic) bond motifs is 1. The average molecular weight is 417 g/mol. The lowest BCUT2D eigenvalue weighted by molar-refractivity contribution is -0.0555. The highest BCUT2D eigenvalue weighted by Crippen LogP contribution is 2.59. The Morgan fingerprint density at radius 2 is 1.87 bits per heavy atom. The standard InChI is InChI=1S/C27H44O3/c1-18-6-11-23(28)17-21(18)9-8-20-14-15-27(5)22(16-20)10-12-24(27)19(2)7-13-25(29)26(3,4)30/h8-9,19,22-25,28-30H,1,6-7,10-17H2,2-5H3/b20-8+,21-9-/t19?,22?,23-,24?,25?,27?/m0/s1. The van der Waals surface area contributed by atoms with Crippen molar-refractivity contribution in [1.82, 2.24) is 0 Å². The molecule has 0 aromatic carbocycles. The monoisotopic (exact) mass is 416 g/mol. The van der Waals surface area contributed by atoms with Gasteiger partial charge in [0.15, 0.2) is 0 Å². The molecule has 0 spiro atoms. The summed E-state index contributed by atoms with van der Waals surface area (Å²) >= 11 is 0. The Labute approximate surface area is 184 Å². The summed E-state index contributed by atoms with van der Waals surface area (Å²) in [6.07, 6.45) is 14.1. The molecule has 3 N–H and O–H groups in total. The van der Waals surface area contributed by atoms with Crippen LogP contribution in [-0.4, -0.2) is 33.1 Å². The number of aliphatic hydroxyl groups excluding tert-OH is 2. The fourth-order valence-corrected chi connectivity index (χ4v) is 6.38. The minimum atomic E-state index is -1.01. The Morgan fingerprint density at radius 3 is 2.57 bits per heavy atom. The second-order valence-corrected chi connectivity index (χ2v) is 11.3. The molecule has 3 rings (SSSR count). The third-order valence-corrected chi connectivity index (χ3v) is 8.71. The maximum atomic E-state index is 10.2. The van der Waals surface area contributed by atoms with E-state index < -0.39 is 11.7 Å². The summed E-state index contributed by atoms with van der Waals surface area (Å²) in [5, 5.41) is 30.2. The second-order valence-electron chi connectivity index (χ2n) is 11.3. The van der Waals surface area contributed by atoms with Crippen LogP contribution in [0, 0.1) is 23.2 Å². The van der Waals surface area contributed by atoms with Crippen LogP contribution in [0.15, 0.2) is 35.5 Å². The molecule has 3 fully saturated rings. The van der Waals surface area contributed by atoms with E-state index in [0.717, 1.165) is 31.6 Å². The maximum absolute atomic E-state index is 10.2. The van der Waals surface area contributed by atoms with Gasteiger partial charge >= 0.3 is 0 Å². The lowest BCUT2D eigenvalue weighted by Gasteiger charge is -2.44. The fourth-order valence-electron chi connectivity index (χ4n) is 6.38. The molecule has 5 unspecified atom stereocenters. The Balaban J connectivity index is 1.60. The summed E-state index contributed by atoms with van der Waals surface area (Å²) in [6, 6.07) is 0. The number of aliphatic hydroxyl groups is 3. The maximum Gasteiger partial charge on any atom is 0.0849 e. The largest absolute Gasteiger partial charge is 0.393 e. The predicted octanol–water partition coefficient (Wildman–Crippen LogP) is 5.70. The first-order valence-corrected chi connectivity index (χ1v) is 12.2. The molecule has 3 heteroatoms. The van der Waals surface area contributed by atoms with E-state index >= 15 is 0 Å². The van der Waals surface area contributed by atoms with Crippen molar-refractivity contribution >= 4 is 0 Å². The molecule has 0 amide bonds. The Morgan fingerprint density at radius 1 is 1.13 bits per heavy atom. The van der Waals surface area contributed by atoms with Crippen molar-refractivity contribution in [3.05, 3.63) is 35.5 Å². The van der Waals surface area contributed by atoms with E-state index in [4.69, 9.17) is 0 Å². The van der Waals surface area contributed by atoms with E-state index in [1.165, 1.54) is 43.3 Å². The van der Waals surface area contributed by atoms with E-state index in [0.29, 0.717) is 23.7 Å². The molecule has 30 heavy (non-hydrogen) atoms. The van der Waals surface area contributed by atoms with Crippen molar-refractivity contribution in [1.29, 1.82) is 0 Å². The molecule has 3 aliphatic rings. The van der Waals surface area contributed by atoms with Crippen LogP contribution in [0.1, 0.15) is 91.9 Å². The summed E-state index contributed by atoms with van der Waals surface area (Å²) in [6.45, 7) is 12.4.